The second kappa shape index (κ2) is 11.2. The highest BCUT2D eigenvalue weighted by Crippen LogP contribution is 2.31. The van der Waals surface area contributed by atoms with Crippen LogP contribution in [0.1, 0.15) is 55.3 Å². The third-order valence-corrected chi connectivity index (χ3v) is 7.38. The van der Waals surface area contributed by atoms with E-state index in [1.165, 1.54) is 44.2 Å². The van der Waals surface area contributed by atoms with Gasteiger partial charge in [0.05, 0.1) is 6.04 Å². The third-order valence-electron chi connectivity index (χ3n) is 7.38. The van der Waals surface area contributed by atoms with Crippen molar-refractivity contribution < 1.29 is 14.0 Å². The number of likely N-dealkylation sites (tertiary alicyclic amines) is 1. The molecule has 4 rings (SSSR count). The van der Waals surface area contributed by atoms with Crippen molar-refractivity contribution in [1.29, 1.82) is 0 Å². The molecule has 2 saturated heterocycles. The largest absolute Gasteiger partial charge is 0.353 e. The van der Waals surface area contributed by atoms with Gasteiger partial charge in [0.2, 0.25) is 5.91 Å². The van der Waals surface area contributed by atoms with Gasteiger partial charge >= 0.3 is 0 Å². The summed E-state index contributed by atoms with van der Waals surface area (Å²) in [5.41, 5.74) is 0.516. The first-order valence-corrected chi connectivity index (χ1v) is 12.4. The number of benzene rings is 1. The van der Waals surface area contributed by atoms with Crippen molar-refractivity contribution >= 4 is 11.8 Å². The van der Waals surface area contributed by atoms with E-state index in [4.69, 9.17) is 0 Å². The maximum Gasteiger partial charge on any atom is 0.253 e. The van der Waals surface area contributed by atoms with Crippen LogP contribution in [0.3, 0.4) is 0 Å². The Morgan fingerprint density at radius 2 is 1.56 bits per heavy atom. The van der Waals surface area contributed by atoms with Crippen LogP contribution in [0.4, 0.5) is 4.39 Å². The molecular formula is C25H37FN4O2. The summed E-state index contributed by atoms with van der Waals surface area (Å²) >= 11 is 0. The summed E-state index contributed by atoms with van der Waals surface area (Å²) in [6.07, 6.45) is 8.47. The van der Waals surface area contributed by atoms with Crippen molar-refractivity contribution in [3.63, 3.8) is 0 Å². The van der Waals surface area contributed by atoms with E-state index in [2.05, 4.69) is 15.1 Å². The average molecular weight is 445 g/mol. The van der Waals surface area contributed by atoms with Gasteiger partial charge in [0.1, 0.15) is 5.82 Å². The summed E-state index contributed by atoms with van der Waals surface area (Å²) in [7, 11) is 0. The minimum absolute atomic E-state index is 0.0620. The number of amides is 2. The lowest BCUT2D eigenvalue weighted by molar-refractivity contribution is -0.129. The first kappa shape index (κ1) is 23.2. The second-order valence-corrected chi connectivity index (χ2v) is 9.52. The Balaban J connectivity index is 1.31. The average Bonchev–Trinajstić information content (AvgIpc) is 3.35. The number of nitrogens with one attached hydrogen (secondary N) is 1. The fraction of sp³-hybridized carbons (Fsp3) is 0.680. The summed E-state index contributed by atoms with van der Waals surface area (Å²) in [5.74, 6) is 0.168. The predicted molar refractivity (Wildman–Crippen MR) is 123 cm³/mol. The van der Waals surface area contributed by atoms with Gasteiger partial charge in [-0.2, -0.15) is 0 Å². The molecule has 1 atom stereocenters. The summed E-state index contributed by atoms with van der Waals surface area (Å²) in [5, 5.41) is 3.23. The Kier molecular flexibility index (Phi) is 8.14. The minimum atomic E-state index is -0.336. The van der Waals surface area contributed by atoms with Crippen LogP contribution in [-0.2, 0) is 4.79 Å². The van der Waals surface area contributed by atoms with Crippen molar-refractivity contribution in [2.45, 2.75) is 51.0 Å². The van der Waals surface area contributed by atoms with Gasteiger partial charge in [-0.15, -0.1) is 0 Å². The summed E-state index contributed by atoms with van der Waals surface area (Å²) < 4.78 is 13.2. The summed E-state index contributed by atoms with van der Waals surface area (Å²) in [6.45, 7) is 6.54. The van der Waals surface area contributed by atoms with Crippen LogP contribution in [0, 0.1) is 11.7 Å². The Bertz CT molecular complexity index is 752. The molecule has 1 aromatic carbocycles. The summed E-state index contributed by atoms with van der Waals surface area (Å²) in [4.78, 5) is 32.6. The van der Waals surface area contributed by atoms with Crippen molar-refractivity contribution in [1.82, 2.24) is 20.0 Å². The number of carbonyl (C=O) groups excluding carboxylic acids is 2. The number of carbonyl (C=O) groups is 2. The highest BCUT2D eigenvalue weighted by molar-refractivity contribution is 5.94. The van der Waals surface area contributed by atoms with Crippen LogP contribution < -0.4 is 5.32 Å². The Morgan fingerprint density at radius 1 is 0.906 bits per heavy atom. The predicted octanol–water partition coefficient (Wildman–Crippen LogP) is 2.74. The molecule has 0 bridgehead atoms. The topological polar surface area (TPSA) is 55.9 Å². The molecule has 1 unspecified atom stereocenters. The standard InChI is InChI=1S/C25H37FN4O2/c26-22-10-8-21(9-11-22)25(32)30-18-16-29(17-19-30)23(20-6-2-3-7-20)24(31)27-12-15-28-13-4-1-5-14-28/h8-11,20,23H,1-7,12-19H2,(H,27,31). The highest BCUT2D eigenvalue weighted by atomic mass is 19.1. The van der Waals surface area contributed by atoms with Gasteiger partial charge in [-0.3, -0.25) is 14.5 Å². The van der Waals surface area contributed by atoms with Gasteiger partial charge < -0.3 is 15.1 Å². The van der Waals surface area contributed by atoms with Crippen LogP contribution in [-0.4, -0.2) is 84.9 Å². The van der Waals surface area contributed by atoms with E-state index < -0.39 is 0 Å². The van der Waals surface area contributed by atoms with E-state index in [9.17, 15) is 14.0 Å². The molecule has 6 nitrogen and oxygen atoms in total. The van der Waals surface area contributed by atoms with E-state index in [1.807, 2.05) is 4.90 Å². The van der Waals surface area contributed by atoms with E-state index in [0.29, 0.717) is 44.2 Å². The smallest absolute Gasteiger partial charge is 0.253 e. The lowest BCUT2D eigenvalue weighted by atomic mass is 9.95. The van der Waals surface area contributed by atoms with Crippen LogP contribution >= 0.6 is 0 Å². The number of nitrogens with zero attached hydrogens (tertiary/aromatic N) is 3. The zero-order chi connectivity index (χ0) is 22.3. The van der Waals surface area contributed by atoms with Crippen molar-refractivity contribution in [3.05, 3.63) is 35.6 Å². The molecule has 32 heavy (non-hydrogen) atoms. The number of piperazine rings is 1. The van der Waals surface area contributed by atoms with Gasteiger partial charge in [0, 0.05) is 44.8 Å². The molecule has 3 aliphatic rings. The van der Waals surface area contributed by atoms with Gasteiger partial charge in [0.25, 0.3) is 5.91 Å². The third kappa shape index (κ3) is 5.87. The van der Waals surface area contributed by atoms with E-state index in [1.54, 1.807) is 12.1 Å². The monoisotopic (exact) mass is 444 g/mol. The normalized spacial score (nSPS) is 22.1. The fourth-order valence-corrected chi connectivity index (χ4v) is 5.55. The molecule has 1 saturated carbocycles. The molecule has 2 amide bonds. The first-order valence-electron chi connectivity index (χ1n) is 12.4. The molecule has 2 aliphatic heterocycles. The zero-order valence-electron chi connectivity index (χ0n) is 19.1. The van der Waals surface area contributed by atoms with Gasteiger partial charge in [-0.05, 0) is 69.0 Å². The van der Waals surface area contributed by atoms with Crippen LogP contribution in [0.15, 0.2) is 24.3 Å². The molecule has 1 aromatic rings. The summed E-state index contributed by atoms with van der Waals surface area (Å²) in [6, 6.07) is 5.64. The maximum atomic E-state index is 13.3. The number of piperidine rings is 1. The molecule has 1 N–H and O–H groups in total. The van der Waals surface area contributed by atoms with Crippen LogP contribution in [0.2, 0.25) is 0 Å². The molecule has 2 heterocycles. The number of halogens is 1. The first-order chi connectivity index (χ1) is 15.6. The zero-order valence-corrected chi connectivity index (χ0v) is 19.1. The minimum Gasteiger partial charge on any atom is -0.353 e. The maximum absolute atomic E-state index is 13.3. The SMILES string of the molecule is O=C(NCCN1CCCCC1)C(C1CCCC1)N1CCN(C(=O)c2ccc(F)cc2)CC1. The molecule has 7 heteroatoms. The van der Waals surface area contributed by atoms with E-state index in [0.717, 1.165) is 32.5 Å². The number of rotatable bonds is 7. The molecule has 0 spiro atoms. The van der Waals surface area contributed by atoms with Crippen molar-refractivity contribution in [2.24, 2.45) is 5.92 Å². The molecule has 1 aliphatic carbocycles. The van der Waals surface area contributed by atoms with Gasteiger partial charge in [-0.25, -0.2) is 4.39 Å². The van der Waals surface area contributed by atoms with Crippen molar-refractivity contribution in [3.8, 4) is 0 Å². The van der Waals surface area contributed by atoms with Crippen molar-refractivity contribution in [2.75, 3.05) is 52.4 Å². The van der Waals surface area contributed by atoms with E-state index in [-0.39, 0.29) is 23.7 Å². The molecule has 3 fully saturated rings. The molecule has 0 radical (unpaired) electrons. The van der Waals surface area contributed by atoms with Crippen LogP contribution in [0.25, 0.3) is 0 Å². The van der Waals surface area contributed by atoms with E-state index >= 15 is 0 Å². The quantitative estimate of drug-likeness (QED) is 0.703. The number of hydrogen-bond acceptors (Lipinski definition) is 4. The Hall–Kier alpha value is -1.99. The molecule has 176 valence electrons. The lowest BCUT2D eigenvalue weighted by Gasteiger charge is -2.41. The van der Waals surface area contributed by atoms with Gasteiger partial charge in [-0.1, -0.05) is 19.3 Å². The Morgan fingerprint density at radius 3 is 2.22 bits per heavy atom. The van der Waals surface area contributed by atoms with Crippen LogP contribution in [0.5, 0.6) is 0 Å². The highest BCUT2D eigenvalue weighted by Gasteiger charge is 2.37. The Labute approximate surface area is 191 Å². The fourth-order valence-electron chi connectivity index (χ4n) is 5.55. The second-order valence-electron chi connectivity index (χ2n) is 9.52. The molecule has 0 aromatic heterocycles. The molecular weight excluding hydrogens is 407 g/mol. The number of hydrogen-bond donors (Lipinski definition) is 1. The lowest BCUT2D eigenvalue weighted by Crippen LogP contribution is -2.58. The van der Waals surface area contributed by atoms with Gasteiger partial charge in [0.15, 0.2) is 0 Å².